The fourth-order valence-corrected chi connectivity index (χ4v) is 1.70. The molecule has 0 aliphatic rings. The van der Waals surface area contributed by atoms with Crippen molar-refractivity contribution >= 4 is 9.24 Å². The summed E-state index contributed by atoms with van der Waals surface area (Å²) in [6, 6.07) is 0. The maximum Gasteiger partial charge on any atom is 0.0264 e. The Morgan fingerprint density at radius 2 is 1.70 bits per heavy atom. The van der Waals surface area contributed by atoms with E-state index in [2.05, 4.69) is 42.9 Å². The van der Waals surface area contributed by atoms with Crippen molar-refractivity contribution in [3.05, 3.63) is 0 Å². The van der Waals surface area contributed by atoms with E-state index in [1.807, 2.05) is 0 Å². The Balaban J connectivity index is 4.05. The molecule has 0 N–H and O–H groups in total. The Labute approximate surface area is 67.0 Å². The maximum absolute atomic E-state index is 5.35. The monoisotopic (exact) mass is 156 g/mol. The van der Waals surface area contributed by atoms with Gasteiger partial charge in [-0.15, -0.1) is 21.6 Å². The first-order valence-electron chi connectivity index (χ1n) is 3.53. The van der Waals surface area contributed by atoms with Crippen LogP contribution in [0.15, 0.2) is 0 Å². The van der Waals surface area contributed by atoms with Crippen LogP contribution in [-0.2, 0) is 0 Å². The Kier molecular flexibility index (Phi) is 2.93. The van der Waals surface area contributed by atoms with Gasteiger partial charge in [0.25, 0.3) is 0 Å². The zero-order chi connectivity index (χ0) is 8.41. The second-order valence-corrected chi connectivity index (χ2v) is 5.76. The fraction of sp³-hybridized carbons (Fsp3) is 0.778. The molecule has 0 fully saturated rings. The third-order valence-corrected chi connectivity index (χ3v) is 1.49. The Bertz CT molecular complexity index is 143. The van der Waals surface area contributed by atoms with Gasteiger partial charge in [0.2, 0.25) is 0 Å². The minimum atomic E-state index is 0.0330. The van der Waals surface area contributed by atoms with Crippen LogP contribution in [0.2, 0.25) is 0 Å². The van der Waals surface area contributed by atoms with E-state index in [1.54, 1.807) is 0 Å². The summed E-state index contributed by atoms with van der Waals surface area (Å²) >= 11 is 0. The number of hydrogen-bond acceptors (Lipinski definition) is 0. The van der Waals surface area contributed by atoms with Crippen molar-refractivity contribution in [2.75, 3.05) is 0 Å². The SMILES string of the molecule is C#CC(C)(C)CC(C)(C)P. The van der Waals surface area contributed by atoms with E-state index in [0.29, 0.717) is 0 Å². The standard InChI is InChI=1S/C9H17P/c1-6-8(2,3)7-9(4,5)10/h1H,7,10H2,2-5H3. The van der Waals surface area contributed by atoms with E-state index in [1.165, 1.54) is 0 Å². The van der Waals surface area contributed by atoms with Gasteiger partial charge in [-0.2, -0.15) is 0 Å². The molecule has 0 amide bonds. The summed E-state index contributed by atoms with van der Waals surface area (Å²) in [6.45, 7) is 8.55. The highest BCUT2D eigenvalue weighted by molar-refractivity contribution is 7.18. The molecule has 0 nitrogen and oxygen atoms in total. The molecule has 58 valence electrons. The summed E-state index contributed by atoms with van der Waals surface area (Å²) in [5.74, 6) is 2.78. The van der Waals surface area contributed by atoms with Crippen LogP contribution in [0.1, 0.15) is 34.1 Å². The van der Waals surface area contributed by atoms with Gasteiger partial charge >= 0.3 is 0 Å². The van der Waals surface area contributed by atoms with Crippen LogP contribution in [0, 0.1) is 17.8 Å². The van der Waals surface area contributed by atoms with Gasteiger partial charge in [-0.3, -0.25) is 0 Å². The molecule has 1 heteroatoms. The molecule has 0 aliphatic heterocycles. The fourth-order valence-electron chi connectivity index (χ4n) is 1.19. The third kappa shape index (κ3) is 4.83. The molecule has 0 saturated carbocycles. The lowest BCUT2D eigenvalue weighted by atomic mass is 9.84. The lowest BCUT2D eigenvalue weighted by Crippen LogP contribution is -2.21. The van der Waals surface area contributed by atoms with Gasteiger partial charge in [-0.1, -0.05) is 13.8 Å². The summed E-state index contributed by atoms with van der Waals surface area (Å²) in [5.41, 5.74) is 0.0330. The third-order valence-electron chi connectivity index (χ3n) is 1.29. The molecule has 0 aliphatic carbocycles. The lowest BCUT2D eigenvalue weighted by molar-refractivity contribution is 0.405. The summed E-state index contributed by atoms with van der Waals surface area (Å²) in [7, 11) is 2.81. The summed E-state index contributed by atoms with van der Waals surface area (Å²) < 4.78 is 0. The molecule has 0 spiro atoms. The van der Waals surface area contributed by atoms with Crippen molar-refractivity contribution < 1.29 is 0 Å². The van der Waals surface area contributed by atoms with Crippen LogP contribution < -0.4 is 0 Å². The number of rotatable bonds is 2. The minimum absolute atomic E-state index is 0.0330. The molecule has 0 heterocycles. The molecule has 0 bridgehead atoms. The van der Waals surface area contributed by atoms with Crippen molar-refractivity contribution in [1.29, 1.82) is 0 Å². The van der Waals surface area contributed by atoms with Gasteiger partial charge < -0.3 is 0 Å². The highest BCUT2D eigenvalue weighted by Crippen LogP contribution is 2.32. The number of terminal acetylenes is 1. The first-order valence-corrected chi connectivity index (χ1v) is 4.11. The Hall–Kier alpha value is -0.0100. The van der Waals surface area contributed by atoms with Gasteiger partial charge in [0, 0.05) is 5.41 Å². The summed E-state index contributed by atoms with van der Waals surface area (Å²) in [5, 5.41) is 0.260. The zero-order valence-electron chi connectivity index (χ0n) is 7.36. The van der Waals surface area contributed by atoms with E-state index < -0.39 is 0 Å². The minimum Gasteiger partial charge on any atom is -0.132 e. The Morgan fingerprint density at radius 1 is 1.30 bits per heavy atom. The van der Waals surface area contributed by atoms with E-state index in [9.17, 15) is 0 Å². The van der Waals surface area contributed by atoms with Crippen LogP contribution in [0.3, 0.4) is 0 Å². The van der Waals surface area contributed by atoms with Crippen molar-refractivity contribution in [2.45, 2.75) is 39.3 Å². The van der Waals surface area contributed by atoms with Crippen molar-refractivity contribution in [3.8, 4) is 12.3 Å². The molecule has 1 atom stereocenters. The van der Waals surface area contributed by atoms with Crippen LogP contribution >= 0.6 is 9.24 Å². The molecule has 1 unspecified atom stereocenters. The molecular weight excluding hydrogens is 139 g/mol. The second kappa shape index (κ2) is 2.93. The van der Waals surface area contributed by atoms with Crippen molar-refractivity contribution in [3.63, 3.8) is 0 Å². The molecule has 10 heavy (non-hydrogen) atoms. The van der Waals surface area contributed by atoms with Crippen LogP contribution in [0.25, 0.3) is 0 Å². The molecule has 0 rings (SSSR count). The van der Waals surface area contributed by atoms with Gasteiger partial charge in [0.05, 0.1) is 0 Å². The maximum atomic E-state index is 5.35. The largest absolute Gasteiger partial charge is 0.132 e. The van der Waals surface area contributed by atoms with Crippen LogP contribution in [-0.4, -0.2) is 5.16 Å². The quantitative estimate of drug-likeness (QED) is 0.426. The van der Waals surface area contributed by atoms with Crippen molar-refractivity contribution in [1.82, 2.24) is 0 Å². The average molecular weight is 156 g/mol. The predicted octanol–water partition coefficient (Wildman–Crippen LogP) is 2.69. The first-order chi connectivity index (χ1) is 4.27. The van der Waals surface area contributed by atoms with Crippen molar-refractivity contribution in [2.24, 2.45) is 5.41 Å². The van der Waals surface area contributed by atoms with E-state index in [-0.39, 0.29) is 10.6 Å². The highest BCUT2D eigenvalue weighted by Gasteiger charge is 2.22. The second-order valence-electron chi connectivity index (χ2n) is 4.19. The zero-order valence-corrected chi connectivity index (χ0v) is 8.52. The molecule has 0 aromatic carbocycles. The summed E-state index contributed by atoms with van der Waals surface area (Å²) in [6.07, 6.45) is 6.40. The van der Waals surface area contributed by atoms with Gasteiger partial charge in [0.15, 0.2) is 0 Å². The van der Waals surface area contributed by atoms with Crippen LogP contribution in [0.4, 0.5) is 0 Å². The average Bonchev–Trinajstić information content (AvgIpc) is 1.60. The first kappa shape index (κ1) is 9.99. The predicted molar refractivity (Wildman–Crippen MR) is 51.0 cm³/mol. The Morgan fingerprint density at radius 3 is 1.80 bits per heavy atom. The molecular formula is C9H17P. The van der Waals surface area contributed by atoms with E-state index in [4.69, 9.17) is 6.42 Å². The van der Waals surface area contributed by atoms with Gasteiger partial charge in [-0.25, -0.2) is 0 Å². The smallest absolute Gasteiger partial charge is 0.0264 e. The summed E-state index contributed by atoms with van der Waals surface area (Å²) in [4.78, 5) is 0. The van der Waals surface area contributed by atoms with Gasteiger partial charge in [0.1, 0.15) is 0 Å². The van der Waals surface area contributed by atoms with Gasteiger partial charge in [-0.05, 0) is 25.4 Å². The van der Waals surface area contributed by atoms with Crippen LogP contribution in [0.5, 0.6) is 0 Å². The lowest BCUT2D eigenvalue weighted by Gasteiger charge is -2.27. The topological polar surface area (TPSA) is 0 Å². The molecule has 0 aromatic heterocycles. The normalized spacial score (nSPS) is 12.8. The molecule has 0 radical (unpaired) electrons. The van der Waals surface area contributed by atoms with E-state index >= 15 is 0 Å². The van der Waals surface area contributed by atoms with E-state index in [0.717, 1.165) is 6.42 Å². The number of hydrogen-bond donors (Lipinski definition) is 0. The highest BCUT2D eigenvalue weighted by atomic mass is 31.0. The molecule has 0 aromatic rings. The molecule has 0 saturated heterocycles.